The van der Waals surface area contributed by atoms with E-state index in [4.69, 9.17) is 21.1 Å². The summed E-state index contributed by atoms with van der Waals surface area (Å²) in [6, 6.07) is 11.9. The average molecular weight is 392 g/mol. The highest BCUT2D eigenvalue weighted by atomic mass is 35.5. The van der Waals surface area contributed by atoms with Crippen molar-refractivity contribution in [3.63, 3.8) is 0 Å². The molecule has 0 unspecified atom stereocenters. The quantitative estimate of drug-likeness (QED) is 0.565. The highest BCUT2D eigenvalue weighted by Gasteiger charge is 2.13. The fourth-order valence-electron chi connectivity index (χ4n) is 2.31. The molecule has 0 aliphatic heterocycles. The van der Waals surface area contributed by atoms with Crippen LogP contribution < -0.4 is 14.8 Å². The monoisotopic (exact) mass is 391 g/mol. The van der Waals surface area contributed by atoms with Crippen molar-refractivity contribution in [3.8, 4) is 11.5 Å². The van der Waals surface area contributed by atoms with E-state index in [0.29, 0.717) is 35.6 Å². The van der Waals surface area contributed by atoms with Crippen LogP contribution in [-0.2, 0) is 13.2 Å². The normalized spacial score (nSPS) is 10.6. The summed E-state index contributed by atoms with van der Waals surface area (Å²) in [5, 5.41) is 17.1. The van der Waals surface area contributed by atoms with Crippen LogP contribution in [0.5, 0.6) is 11.5 Å². The number of tetrazole rings is 1. The van der Waals surface area contributed by atoms with Gasteiger partial charge in [-0.1, -0.05) is 28.8 Å². The Hall–Kier alpha value is -2.45. The second-order valence-electron chi connectivity index (χ2n) is 5.33. The molecule has 0 saturated heterocycles. The van der Waals surface area contributed by atoms with Crippen LogP contribution in [0.2, 0.25) is 5.02 Å². The zero-order chi connectivity index (χ0) is 18.4. The molecule has 2 N–H and O–H groups in total. The van der Waals surface area contributed by atoms with Gasteiger partial charge in [-0.25, -0.2) is 0 Å². The summed E-state index contributed by atoms with van der Waals surface area (Å²) < 4.78 is 11.3. The van der Waals surface area contributed by atoms with Crippen LogP contribution >= 0.6 is 23.4 Å². The number of nitrogens with zero attached hydrogens (tertiary/aromatic N) is 3. The molecule has 0 fully saturated rings. The molecule has 0 saturated carbocycles. The third kappa shape index (κ3) is 4.59. The highest BCUT2D eigenvalue weighted by Crippen LogP contribution is 2.37. The van der Waals surface area contributed by atoms with Gasteiger partial charge in [0.15, 0.2) is 11.5 Å². The number of benzene rings is 2. The number of nitrogens with one attached hydrogen (secondary N) is 2. The summed E-state index contributed by atoms with van der Waals surface area (Å²) in [6.07, 6.45) is 2.05. The van der Waals surface area contributed by atoms with Crippen LogP contribution in [0.1, 0.15) is 11.1 Å². The number of aromatic nitrogens is 4. The van der Waals surface area contributed by atoms with Gasteiger partial charge < -0.3 is 14.8 Å². The molecular formula is C17H18ClN5O2S. The zero-order valence-corrected chi connectivity index (χ0v) is 15.9. The van der Waals surface area contributed by atoms with Crippen molar-refractivity contribution in [2.75, 3.05) is 18.7 Å². The number of hydrogen-bond acceptors (Lipinski definition) is 7. The smallest absolute Gasteiger partial charge is 0.263 e. The van der Waals surface area contributed by atoms with Gasteiger partial charge in [-0.15, -0.1) is 16.9 Å². The van der Waals surface area contributed by atoms with Crippen molar-refractivity contribution >= 4 is 29.3 Å². The molecule has 1 aromatic heterocycles. The Morgan fingerprint density at radius 3 is 2.65 bits per heavy atom. The van der Waals surface area contributed by atoms with Gasteiger partial charge >= 0.3 is 0 Å². The Bertz CT molecular complexity index is 843. The number of thioether (sulfide) groups is 1. The van der Waals surface area contributed by atoms with Crippen molar-refractivity contribution in [3.05, 3.63) is 52.5 Å². The second-order valence-corrected chi connectivity index (χ2v) is 6.62. The summed E-state index contributed by atoms with van der Waals surface area (Å²) >= 11 is 8.10. The first kappa shape index (κ1) is 18.3. The molecule has 0 aliphatic rings. The number of anilines is 1. The van der Waals surface area contributed by atoms with Crippen LogP contribution in [0.4, 0.5) is 5.95 Å². The van der Waals surface area contributed by atoms with Gasteiger partial charge in [0.05, 0.1) is 12.1 Å². The number of H-pyrrole nitrogens is 1. The molecule has 0 spiro atoms. The maximum Gasteiger partial charge on any atom is 0.263 e. The Morgan fingerprint density at radius 2 is 2.00 bits per heavy atom. The summed E-state index contributed by atoms with van der Waals surface area (Å²) in [5.74, 6) is 1.50. The van der Waals surface area contributed by atoms with Crippen LogP contribution in [-0.4, -0.2) is 34.0 Å². The first-order chi connectivity index (χ1) is 12.7. The van der Waals surface area contributed by atoms with Gasteiger partial charge in [-0.3, -0.25) is 0 Å². The van der Waals surface area contributed by atoms with Gasteiger partial charge in [0.1, 0.15) is 6.61 Å². The van der Waals surface area contributed by atoms with E-state index in [-0.39, 0.29) is 0 Å². The number of halogens is 1. The van der Waals surface area contributed by atoms with Crippen molar-refractivity contribution in [1.29, 1.82) is 0 Å². The number of methoxy groups -OCH3 is 1. The van der Waals surface area contributed by atoms with Gasteiger partial charge in [0, 0.05) is 11.4 Å². The predicted octanol–water partition coefficient (Wildman–Crippen LogP) is 3.77. The van der Waals surface area contributed by atoms with Gasteiger partial charge in [0.2, 0.25) is 0 Å². The van der Waals surface area contributed by atoms with Crippen LogP contribution in [0, 0.1) is 0 Å². The lowest BCUT2D eigenvalue weighted by atomic mass is 10.2. The van der Waals surface area contributed by atoms with Gasteiger partial charge in [-0.05, 0) is 46.9 Å². The standard InChI is InChI=1S/C17H18ClN5O2S/c1-24-15-8-12(9-19-17-20-22-23-21-17)7-14(18)16(15)25-10-11-3-5-13(26-2)6-4-11/h3-8H,9-10H2,1-2H3,(H2,19,20,21,22,23). The Kier molecular flexibility index (Phi) is 6.19. The number of hydrogen-bond donors (Lipinski definition) is 2. The van der Waals surface area contributed by atoms with Crippen molar-refractivity contribution in [2.24, 2.45) is 0 Å². The number of aromatic amines is 1. The zero-order valence-electron chi connectivity index (χ0n) is 14.3. The van der Waals surface area contributed by atoms with E-state index in [1.54, 1.807) is 18.9 Å². The molecule has 136 valence electrons. The number of ether oxygens (including phenoxy) is 2. The molecule has 3 aromatic rings. The molecule has 9 heteroatoms. The summed E-state index contributed by atoms with van der Waals surface area (Å²) in [5.41, 5.74) is 1.97. The molecule has 0 amide bonds. The van der Waals surface area contributed by atoms with E-state index in [9.17, 15) is 0 Å². The molecule has 26 heavy (non-hydrogen) atoms. The molecule has 0 bridgehead atoms. The average Bonchev–Trinajstić information content (AvgIpc) is 3.19. The molecule has 0 aliphatic carbocycles. The van der Waals surface area contributed by atoms with E-state index in [1.807, 2.05) is 30.5 Å². The van der Waals surface area contributed by atoms with Gasteiger partial charge in [-0.2, -0.15) is 5.21 Å². The topological polar surface area (TPSA) is 85.0 Å². The first-order valence-electron chi connectivity index (χ1n) is 7.79. The van der Waals surface area contributed by atoms with Crippen molar-refractivity contribution < 1.29 is 9.47 Å². The SMILES string of the molecule is COc1cc(CNc2nn[nH]n2)cc(Cl)c1OCc1ccc(SC)cc1. The van der Waals surface area contributed by atoms with Crippen LogP contribution in [0.15, 0.2) is 41.3 Å². The lowest BCUT2D eigenvalue weighted by Gasteiger charge is -2.14. The third-order valence-electron chi connectivity index (χ3n) is 3.63. The van der Waals surface area contributed by atoms with E-state index >= 15 is 0 Å². The molecule has 2 aromatic carbocycles. The minimum Gasteiger partial charge on any atom is -0.493 e. The molecule has 1 heterocycles. The molecule has 0 radical (unpaired) electrons. The predicted molar refractivity (Wildman–Crippen MR) is 102 cm³/mol. The van der Waals surface area contributed by atoms with Crippen LogP contribution in [0.3, 0.4) is 0 Å². The molecule has 3 rings (SSSR count). The highest BCUT2D eigenvalue weighted by molar-refractivity contribution is 7.98. The maximum atomic E-state index is 6.40. The fraction of sp³-hybridized carbons (Fsp3) is 0.235. The summed E-state index contributed by atoms with van der Waals surface area (Å²) in [6.45, 7) is 0.886. The summed E-state index contributed by atoms with van der Waals surface area (Å²) in [7, 11) is 1.59. The first-order valence-corrected chi connectivity index (χ1v) is 9.39. The van der Waals surface area contributed by atoms with Crippen LogP contribution in [0.25, 0.3) is 0 Å². The van der Waals surface area contributed by atoms with E-state index in [2.05, 4.69) is 38.1 Å². The lowest BCUT2D eigenvalue weighted by Crippen LogP contribution is -2.03. The second kappa shape index (κ2) is 8.77. The Balaban J connectivity index is 1.69. The number of rotatable bonds is 8. The Labute approximate surface area is 160 Å². The molecular weight excluding hydrogens is 374 g/mol. The van der Waals surface area contributed by atoms with Crippen molar-refractivity contribution in [2.45, 2.75) is 18.0 Å². The van der Waals surface area contributed by atoms with E-state index in [0.717, 1.165) is 11.1 Å². The maximum absolute atomic E-state index is 6.40. The van der Waals surface area contributed by atoms with Crippen molar-refractivity contribution in [1.82, 2.24) is 20.6 Å². The fourth-order valence-corrected chi connectivity index (χ4v) is 3.01. The van der Waals surface area contributed by atoms with Gasteiger partial charge in [0.25, 0.3) is 5.95 Å². The van der Waals surface area contributed by atoms with E-state index < -0.39 is 0 Å². The lowest BCUT2D eigenvalue weighted by molar-refractivity contribution is 0.284. The van der Waals surface area contributed by atoms with E-state index in [1.165, 1.54) is 4.90 Å². The molecule has 0 atom stereocenters. The Morgan fingerprint density at radius 1 is 1.19 bits per heavy atom. The minimum absolute atomic E-state index is 0.408. The molecule has 7 nitrogen and oxygen atoms in total. The largest absolute Gasteiger partial charge is 0.493 e. The summed E-state index contributed by atoms with van der Waals surface area (Å²) in [4.78, 5) is 1.21. The minimum atomic E-state index is 0.408. The third-order valence-corrected chi connectivity index (χ3v) is 4.65.